The molecule has 158 valence electrons. The lowest BCUT2D eigenvalue weighted by Gasteiger charge is -2.61. The number of ether oxygens (including phenoxy) is 1. The topological polar surface area (TPSA) is 83.2 Å². The summed E-state index contributed by atoms with van der Waals surface area (Å²) in [6.07, 6.45) is 8.19. The van der Waals surface area contributed by atoms with E-state index in [0.29, 0.717) is 17.8 Å². The van der Waals surface area contributed by atoms with Crippen LogP contribution in [0.1, 0.15) is 70.3 Å². The van der Waals surface area contributed by atoms with E-state index < -0.39 is 6.10 Å². The molecule has 0 bridgehead atoms. The highest BCUT2D eigenvalue weighted by Gasteiger charge is 2.83. The summed E-state index contributed by atoms with van der Waals surface area (Å²) in [5.74, 6) is 1.63. The monoisotopic (exact) mass is 400 g/mol. The van der Waals surface area contributed by atoms with E-state index in [2.05, 4.69) is 13.8 Å². The van der Waals surface area contributed by atoms with Crippen LogP contribution in [0.15, 0.2) is 27.6 Å². The summed E-state index contributed by atoms with van der Waals surface area (Å²) in [6, 6.07) is 3.30. The second kappa shape index (κ2) is 5.74. The van der Waals surface area contributed by atoms with Gasteiger partial charge in [0.05, 0.1) is 18.5 Å². The minimum Gasteiger partial charge on any atom is -0.431 e. The number of rotatable bonds is 1. The van der Waals surface area contributed by atoms with Crippen molar-refractivity contribution in [2.45, 2.75) is 88.6 Å². The Morgan fingerprint density at radius 3 is 2.62 bits per heavy atom. The number of hydrogen-bond acceptors (Lipinski definition) is 5. The van der Waals surface area contributed by atoms with Gasteiger partial charge >= 0.3 is 5.63 Å². The van der Waals surface area contributed by atoms with Crippen molar-refractivity contribution in [3.63, 3.8) is 0 Å². The number of fused-ring (bicyclic) bond motifs is 3. The quantitative estimate of drug-likeness (QED) is 0.707. The van der Waals surface area contributed by atoms with Crippen molar-refractivity contribution in [2.75, 3.05) is 0 Å². The first-order chi connectivity index (χ1) is 13.8. The van der Waals surface area contributed by atoms with Crippen LogP contribution in [0.4, 0.5) is 0 Å². The highest BCUT2D eigenvalue weighted by atomic mass is 16.6. The molecular weight excluding hydrogens is 368 g/mol. The lowest BCUT2D eigenvalue weighted by Crippen LogP contribution is -2.58. The molecule has 0 amide bonds. The van der Waals surface area contributed by atoms with Crippen molar-refractivity contribution >= 4 is 0 Å². The van der Waals surface area contributed by atoms with E-state index in [0.717, 1.165) is 50.5 Å². The van der Waals surface area contributed by atoms with Crippen LogP contribution in [0.2, 0.25) is 0 Å². The Bertz CT molecular complexity index is 875. The average Bonchev–Trinajstić information content (AvgIpc) is 3.40. The second-order valence-corrected chi connectivity index (χ2v) is 11.1. The Morgan fingerprint density at radius 1 is 1.03 bits per heavy atom. The lowest BCUT2D eigenvalue weighted by molar-refractivity contribution is -0.143. The van der Waals surface area contributed by atoms with Gasteiger partial charge in [0.25, 0.3) is 0 Å². The summed E-state index contributed by atoms with van der Waals surface area (Å²) < 4.78 is 11.6. The molecule has 1 aromatic heterocycles. The van der Waals surface area contributed by atoms with E-state index in [1.54, 1.807) is 6.26 Å². The number of aliphatic hydroxyl groups excluding tert-OH is 2. The summed E-state index contributed by atoms with van der Waals surface area (Å²) in [4.78, 5) is 11.5. The first-order valence-corrected chi connectivity index (χ1v) is 11.4. The molecule has 2 heterocycles. The molecule has 5 heteroatoms. The van der Waals surface area contributed by atoms with Crippen LogP contribution in [0.5, 0.6) is 0 Å². The molecule has 10 atom stereocenters. The van der Waals surface area contributed by atoms with Crippen molar-refractivity contribution < 1.29 is 19.4 Å². The van der Waals surface area contributed by atoms with Gasteiger partial charge in [-0.05, 0) is 79.7 Å². The number of hydrogen-bond donors (Lipinski definition) is 2. The molecule has 2 N–H and O–H groups in total. The summed E-state index contributed by atoms with van der Waals surface area (Å²) in [5.41, 5.74) is 0.457. The van der Waals surface area contributed by atoms with Crippen LogP contribution < -0.4 is 5.63 Å². The normalized spacial score (nSPS) is 55.4. The zero-order valence-electron chi connectivity index (χ0n) is 17.3. The standard InChI is InChI=1S/C24H32O5/c1-22-9-7-15(25)11-14(22)4-5-17-16(22)8-10-23(2)19(13-3-6-18(26)28-12-13)20(27)21-24(17,23)29-21/h3,6,12,14-17,19-21,25,27H,4-5,7-11H2,1-2H3/t14-,15+,16?,17?,19?,20-,21-,22?,23?,24?/m1/s1. The van der Waals surface area contributed by atoms with Crippen LogP contribution in [0.25, 0.3) is 0 Å². The van der Waals surface area contributed by atoms with E-state index in [4.69, 9.17) is 9.15 Å². The van der Waals surface area contributed by atoms with Gasteiger partial charge in [0, 0.05) is 17.4 Å². The molecule has 6 unspecified atom stereocenters. The van der Waals surface area contributed by atoms with Gasteiger partial charge < -0.3 is 19.4 Å². The molecule has 1 spiro atoms. The van der Waals surface area contributed by atoms with Gasteiger partial charge in [-0.3, -0.25) is 0 Å². The van der Waals surface area contributed by atoms with Gasteiger partial charge in [0.15, 0.2) is 0 Å². The highest BCUT2D eigenvalue weighted by molar-refractivity contribution is 5.38. The van der Waals surface area contributed by atoms with Gasteiger partial charge in [-0.25, -0.2) is 4.79 Å². The van der Waals surface area contributed by atoms with Gasteiger partial charge in [0.2, 0.25) is 0 Å². The Hall–Kier alpha value is -1.17. The first kappa shape index (κ1) is 18.6. The smallest absolute Gasteiger partial charge is 0.335 e. The molecular formula is C24H32O5. The minimum atomic E-state index is -0.551. The van der Waals surface area contributed by atoms with Crippen molar-refractivity contribution in [2.24, 2.45) is 28.6 Å². The zero-order chi connectivity index (χ0) is 20.2. The van der Waals surface area contributed by atoms with Gasteiger partial charge in [-0.15, -0.1) is 0 Å². The zero-order valence-corrected chi connectivity index (χ0v) is 17.3. The molecule has 4 saturated carbocycles. The summed E-state index contributed by atoms with van der Waals surface area (Å²) in [7, 11) is 0. The van der Waals surface area contributed by atoms with Crippen molar-refractivity contribution in [1.82, 2.24) is 0 Å². The predicted molar refractivity (Wildman–Crippen MR) is 106 cm³/mol. The SMILES string of the molecule is CC12CC[C@H](O)C[C@H]1CCC1C2CCC2(C)C(c3ccc(=O)oc3)[C@@H](O)[C@H]3OC132. The van der Waals surface area contributed by atoms with E-state index in [-0.39, 0.29) is 40.2 Å². The Morgan fingerprint density at radius 2 is 1.86 bits per heavy atom. The molecule has 4 aliphatic carbocycles. The molecule has 1 aromatic rings. The van der Waals surface area contributed by atoms with Crippen molar-refractivity contribution in [3.05, 3.63) is 34.4 Å². The van der Waals surface area contributed by atoms with Gasteiger partial charge in [-0.1, -0.05) is 13.8 Å². The molecule has 1 saturated heterocycles. The molecule has 5 fully saturated rings. The maximum atomic E-state index is 11.5. The molecule has 0 radical (unpaired) electrons. The maximum Gasteiger partial charge on any atom is 0.335 e. The Labute approximate surface area is 171 Å². The fourth-order valence-corrected chi connectivity index (χ4v) is 8.81. The first-order valence-electron chi connectivity index (χ1n) is 11.4. The third-order valence-electron chi connectivity index (χ3n) is 10.2. The average molecular weight is 401 g/mol. The minimum absolute atomic E-state index is 0.0507. The molecule has 6 rings (SSSR count). The van der Waals surface area contributed by atoms with E-state index in [1.807, 2.05) is 6.07 Å². The Kier molecular flexibility index (Phi) is 3.68. The number of epoxide rings is 1. The largest absolute Gasteiger partial charge is 0.431 e. The third kappa shape index (κ3) is 2.14. The second-order valence-electron chi connectivity index (χ2n) is 11.1. The fourth-order valence-electron chi connectivity index (χ4n) is 8.81. The molecule has 29 heavy (non-hydrogen) atoms. The van der Waals surface area contributed by atoms with E-state index >= 15 is 0 Å². The molecule has 1 aliphatic heterocycles. The van der Waals surface area contributed by atoms with Gasteiger partial charge in [0.1, 0.15) is 11.7 Å². The van der Waals surface area contributed by atoms with Crippen molar-refractivity contribution in [3.8, 4) is 0 Å². The van der Waals surface area contributed by atoms with Crippen LogP contribution in [0, 0.1) is 28.6 Å². The van der Waals surface area contributed by atoms with Crippen molar-refractivity contribution in [1.29, 1.82) is 0 Å². The maximum absolute atomic E-state index is 11.5. The summed E-state index contributed by atoms with van der Waals surface area (Å²) in [5, 5.41) is 21.5. The molecule has 0 aromatic carbocycles. The lowest BCUT2D eigenvalue weighted by atomic mass is 9.44. The highest BCUT2D eigenvalue weighted by Crippen LogP contribution is 2.77. The third-order valence-corrected chi connectivity index (χ3v) is 10.2. The number of aliphatic hydroxyl groups is 2. The Balaban J connectivity index is 1.38. The van der Waals surface area contributed by atoms with E-state index in [9.17, 15) is 15.0 Å². The van der Waals surface area contributed by atoms with Crippen LogP contribution in [0.3, 0.4) is 0 Å². The van der Waals surface area contributed by atoms with Gasteiger partial charge in [-0.2, -0.15) is 0 Å². The molecule has 5 aliphatic rings. The van der Waals surface area contributed by atoms with Crippen LogP contribution in [-0.4, -0.2) is 34.1 Å². The summed E-state index contributed by atoms with van der Waals surface area (Å²) >= 11 is 0. The van der Waals surface area contributed by atoms with E-state index in [1.165, 1.54) is 6.07 Å². The summed E-state index contributed by atoms with van der Waals surface area (Å²) in [6.45, 7) is 4.76. The van der Waals surface area contributed by atoms with Crippen LogP contribution >= 0.6 is 0 Å². The van der Waals surface area contributed by atoms with Crippen LogP contribution in [-0.2, 0) is 4.74 Å². The predicted octanol–water partition coefficient (Wildman–Crippen LogP) is 3.23. The fraction of sp³-hybridized carbons (Fsp3) is 0.792. The molecule has 5 nitrogen and oxygen atoms in total.